The van der Waals surface area contributed by atoms with E-state index in [0.717, 1.165) is 18.2 Å². The Morgan fingerprint density at radius 3 is 2.84 bits per heavy atom. The topological polar surface area (TPSA) is 62.5 Å². The van der Waals surface area contributed by atoms with Crippen molar-refractivity contribution in [3.63, 3.8) is 0 Å². The number of rotatable bonds is 5. The first-order chi connectivity index (χ1) is 9.17. The van der Waals surface area contributed by atoms with Crippen molar-refractivity contribution in [2.75, 3.05) is 36.8 Å². The summed E-state index contributed by atoms with van der Waals surface area (Å²) >= 11 is 1.40. The number of hydrogen-bond donors (Lipinski definition) is 1. The van der Waals surface area contributed by atoms with Crippen LogP contribution >= 0.6 is 11.3 Å². The van der Waals surface area contributed by atoms with Gasteiger partial charge in [0, 0.05) is 26.2 Å². The standard InChI is InChI=1S/C13H20N4OS/c1-3-7-16(4-2)12(18)10-11(14)15-13(19-10)17-8-5-6-9-17/h3H,1,4-9,14H2,2H3. The number of carbonyl (C=O) groups excluding carboxylic acids is 1. The van der Waals surface area contributed by atoms with Crippen LogP contribution in [0.3, 0.4) is 0 Å². The Morgan fingerprint density at radius 1 is 1.58 bits per heavy atom. The summed E-state index contributed by atoms with van der Waals surface area (Å²) < 4.78 is 0. The number of anilines is 2. The Labute approximate surface area is 117 Å². The van der Waals surface area contributed by atoms with Gasteiger partial charge in [-0.15, -0.1) is 6.58 Å². The van der Waals surface area contributed by atoms with Crippen molar-refractivity contribution in [2.24, 2.45) is 0 Å². The maximum absolute atomic E-state index is 12.4. The van der Waals surface area contributed by atoms with E-state index < -0.39 is 0 Å². The first kappa shape index (κ1) is 13.9. The Balaban J connectivity index is 2.19. The van der Waals surface area contributed by atoms with E-state index in [1.165, 1.54) is 24.2 Å². The second-order valence-electron chi connectivity index (χ2n) is 4.54. The summed E-state index contributed by atoms with van der Waals surface area (Å²) in [6.45, 7) is 8.80. The van der Waals surface area contributed by atoms with Crippen LogP contribution in [-0.2, 0) is 0 Å². The average Bonchev–Trinajstić information content (AvgIpc) is 3.04. The van der Waals surface area contributed by atoms with Gasteiger partial charge in [-0.05, 0) is 19.8 Å². The van der Waals surface area contributed by atoms with Crippen molar-refractivity contribution in [3.8, 4) is 0 Å². The highest BCUT2D eigenvalue weighted by Crippen LogP contribution is 2.31. The van der Waals surface area contributed by atoms with Crippen molar-refractivity contribution in [1.82, 2.24) is 9.88 Å². The van der Waals surface area contributed by atoms with Crippen LogP contribution in [-0.4, -0.2) is 42.0 Å². The second-order valence-corrected chi connectivity index (χ2v) is 5.51. The lowest BCUT2D eigenvalue weighted by molar-refractivity contribution is 0.0787. The molecule has 1 amide bonds. The van der Waals surface area contributed by atoms with Crippen LogP contribution < -0.4 is 10.6 Å². The predicted octanol–water partition coefficient (Wildman–Crippen LogP) is 1.97. The number of likely N-dealkylation sites (N-methyl/N-ethyl adjacent to an activating group) is 1. The van der Waals surface area contributed by atoms with Gasteiger partial charge in [0.25, 0.3) is 5.91 Å². The smallest absolute Gasteiger partial charge is 0.268 e. The van der Waals surface area contributed by atoms with Crippen molar-refractivity contribution < 1.29 is 4.79 Å². The molecule has 2 heterocycles. The summed E-state index contributed by atoms with van der Waals surface area (Å²) in [5, 5.41) is 0.869. The molecule has 0 spiro atoms. The van der Waals surface area contributed by atoms with Gasteiger partial charge in [-0.2, -0.15) is 0 Å². The summed E-state index contributed by atoms with van der Waals surface area (Å²) in [4.78, 5) is 21.2. The number of nitrogen functional groups attached to an aromatic ring is 1. The molecule has 1 aromatic rings. The molecule has 0 radical (unpaired) electrons. The highest BCUT2D eigenvalue weighted by Gasteiger charge is 2.23. The molecule has 0 atom stereocenters. The van der Waals surface area contributed by atoms with Gasteiger partial charge >= 0.3 is 0 Å². The van der Waals surface area contributed by atoms with Crippen LogP contribution in [0.5, 0.6) is 0 Å². The first-order valence-corrected chi connectivity index (χ1v) is 7.40. The van der Waals surface area contributed by atoms with Gasteiger partial charge in [-0.25, -0.2) is 4.98 Å². The van der Waals surface area contributed by atoms with Gasteiger partial charge in [0.1, 0.15) is 10.7 Å². The van der Waals surface area contributed by atoms with Crippen LogP contribution in [0.2, 0.25) is 0 Å². The first-order valence-electron chi connectivity index (χ1n) is 6.58. The third kappa shape index (κ3) is 2.89. The number of carbonyl (C=O) groups is 1. The normalized spacial score (nSPS) is 14.7. The number of thiazole rings is 1. The van der Waals surface area contributed by atoms with E-state index >= 15 is 0 Å². The van der Waals surface area contributed by atoms with Crippen molar-refractivity contribution in [1.29, 1.82) is 0 Å². The van der Waals surface area contributed by atoms with E-state index in [9.17, 15) is 4.79 Å². The van der Waals surface area contributed by atoms with Gasteiger partial charge in [0.2, 0.25) is 0 Å². The fourth-order valence-corrected chi connectivity index (χ4v) is 3.18. The maximum atomic E-state index is 12.4. The molecule has 1 aliphatic heterocycles. The van der Waals surface area contributed by atoms with Crippen LogP contribution in [0.1, 0.15) is 29.4 Å². The molecule has 1 aromatic heterocycles. The summed E-state index contributed by atoms with van der Waals surface area (Å²) in [5.74, 6) is 0.294. The van der Waals surface area contributed by atoms with Crippen LogP contribution in [0, 0.1) is 0 Å². The molecule has 2 N–H and O–H groups in total. The van der Waals surface area contributed by atoms with Gasteiger partial charge in [0.15, 0.2) is 5.13 Å². The zero-order valence-corrected chi connectivity index (χ0v) is 12.1. The highest BCUT2D eigenvalue weighted by molar-refractivity contribution is 7.18. The predicted molar refractivity (Wildman–Crippen MR) is 79.7 cm³/mol. The zero-order chi connectivity index (χ0) is 13.8. The van der Waals surface area contributed by atoms with Gasteiger partial charge in [0.05, 0.1) is 0 Å². The fraction of sp³-hybridized carbons (Fsp3) is 0.538. The Hall–Kier alpha value is -1.56. The monoisotopic (exact) mass is 280 g/mol. The maximum Gasteiger partial charge on any atom is 0.268 e. The molecule has 19 heavy (non-hydrogen) atoms. The van der Waals surface area contributed by atoms with E-state index in [1.807, 2.05) is 6.92 Å². The molecule has 5 nitrogen and oxygen atoms in total. The lowest BCUT2D eigenvalue weighted by Gasteiger charge is -2.17. The van der Waals surface area contributed by atoms with Crippen LogP contribution in [0.25, 0.3) is 0 Å². The van der Waals surface area contributed by atoms with Gasteiger partial charge in [-0.1, -0.05) is 17.4 Å². The molecule has 0 saturated carbocycles. The number of aromatic nitrogens is 1. The van der Waals surface area contributed by atoms with Crippen LogP contribution in [0.4, 0.5) is 10.9 Å². The Morgan fingerprint density at radius 2 is 2.26 bits per heavy atom. The molecule has 6 heteroatoms. The minimum atomic E-state index is -0.0529. The third-order valence-electron chi connectivity index (χ3n) is 3.23. The van der Waals surface area contributed by atoms with Crippen LogP contribution in [0.15, 0.2) is 12.7 Å². The second kappa shape index (κ2) is 6.06. The molecule has 1 fully saturated rings. The largest absolute Gasteiger partial charge is 0.382 e. The lowest BCUT2D eigenvalue weighted by Crippen LogP contribution is -2.30. The van der Waals surface area contributed by atoms with E-state index in [2.05, 4.69) is 16.5 Å². The van der Waals surface area contributed by atoms with E-state index in [0.29, 0.717) is 23.8 Å². The number of amides is 1. The van der Waals surface area contributed by atoms with Crippen molar-refractivity contribution >= 4 is 28.2 Å². The third-order valence-corrected chi connectivity index (χ3v) is 4.35. The minimum Gasteiger partial charge on any atom is -0.382 e. The van der Waals surface area contributed by atoms with Crippen molar-refractivity contribution in [2.45, 2.75) is 19.8 Å². The van der Waals surface area contributed by atoms with E-state index in [1.54, 1.807) is 11.0 Å². The molecule has 0 aromatic carbocycles. The SMILES string of the molecule is C=CCN(CC)C(=O)c1sc(N2CCCC2)nc1N. The molecule has 2 rings (SSSR count). The number of nitrogens with zero attached hydrogens (tertiary/aromatic N) is 3. The average molecular weight is 280 g/mol. The Kier molecular flexibility index (Phi) is 4.42. The van der Waals surface area contributed by atoms with Crippen molar-refractivity contribution in [3.05, 3.63) is 17.5 Å². The van der Waals surface area contributed by atoms with Gasteiger partial charge in [-0.3, -0.25) is 4.79 Å². The molecule has 0 aliphatic carbocycles. The number of hydrogen-bond acceptors (Lipinski definition) is 5. The molecular weight excluding hydrogens is 260 g/mol. The lowest BCUT2D eigenvalue weighted by atomic mass is 10.4. The zero-order valence-electron chi connectivity index (χ0n) is 11.3. The minimum absolute atomic E-state index is 0.0529. The van der Waals surface area contributed by atoms with Gasteiger partial charge < -0.3 is 15.5 Å². The number of nitrogens with two attached hydrogens (primary N) is 1. The molecule has 1 saturated heterocycles. The summed E-state index contributed by atoms with van der Waals surface area (Å²) in [6.07, 6.45) is 4.08. The molecule has 0 bridgehead atoms. The quantitative estimate of drug-likeness (QED) is 0.838. The van der Waals surface area contributed by atoms with E-state index in [-0.39, 0.29) is 5.91 Å². The fourth-order valence-electron chi connectivity index (χ4n) is 2.17. The molecular formula is C13H20N4OS. The summed E-state index contributed by atoms with van der Waals surface area (Å²) in [7, 11) is 0. The molecule has 0 unspecified atom stereocenters. The molecule has 1 aliphatic rings. The van der Waals surface area contributed by atoms with E-state index in [4.69, 9.17) is 5.73 Å². The Bertz CT molecular complexity index is 465. The molecule has 104 valence electrons. The highest BCUT2D eigenvalue weighted by atomic mass is 32.1. The summed E-state index contributed by atoms with van der Waals surface area (Å²) in [6, 6.07) is 0. The summed E-state index contributed by atoms with van der Waals surface area (Å²) in [5.41, 5.74) is 5.90.